The third kappa shape index (κ3) is 7.69. The standard InChI is InChI=1S/C22H29N5O8S/c1-10(28)18(21(33)26-16(9-36)22(34)35)27-20(32)15(7-17(29)30)25-19(31)13(23)6-11-8-24-14-5-3-2-4-12(11)14/h2-5,8,10,13,15-16,18,24,28,36H,6-7,9,23H2,1H3,(H,25,31)(H,26,33)(H,27,32)(H,29,30)(H,34,35). The second-order valence-electron chi connectivity index (χ2n) is 8.14. The topological polar surface area (TPSA) is 224 Å². The number of aromatic amines is 1. The Bertz CT molecular complexity index is 1120. The number of rotatable bonds is 13. The van der Waals surface area contributed by atoms with Crippen LogP contribution in [-0.2, 0) is 30.4 Å². The number of carboxylic acid groups (broad SMARTS) is 2. The average molecular weight is 524 g/mol. The van der Waals surface area contributed by atoms with Gasteiger partial charge in [-0.15, -0.1) is 0 Å². The van der Waals surface area contributed by atoms with Crippen LogP contribution >= 0.6 is 12.6 Å². The van der Waals surface area contributed by atoms with E-state index in [9.17, 15) is 34.2 Å². The van der Waals surface area contributed by atoms with E-state index < -0.39 is 66.4 Å². The van der Waals surface area contributed by atoms with Crippen LogP contribution in [0, 0.1) is 0 Å². The monoisotopic (exact) mass is 523 g/mol. The third-order valence-electron chi connectivity index (χ3n) is 5.32. The number of fused-ring (bicyclic) bond motifs is 1. The first-order chi connectivity index (χ1) is 16.9. The van der Waals surface area contributed by atoms with Crippen molar-refractivity contribution in [2.24, 2.45) is 5.73 Å². The molecule has 5 atom stereocenters. The Kier molecular flexibility index (Phi) is 10.3. The first-order valence-electron chi connectivity index (χ1n) is 10.9. The van der Waals surface area contributed by atoms with Crippen LogP contribution in [0.1, 0.15) is 18.9 Å². The lowest BCUT2D eigenvalue weighted by molar-refractivity contribution is -0.143. The number of aliphatic hydroxyl groups is 1. The Morgan fingerprint density at radius 1 is 1.00 bits per heavy atom. The van der Waals surface area contributed by atoms with Crippen molar-refractivity contribution in [2.45, 2.75) is 50.0 Å². The summed E-state index contributed by atoms with van der Waals surface area (Å²) in [6, 6.07) is 1.57. The zero-order chi connectivity index (χ0) is 27.0. The molecule has 0 aliphatic carbocycles. The molecule has 0 saturated carbocycles. The van der Waals surface area contributed by atoms with Crippen molar-refractivity contribution in [2.75, 3.05) is 5.75 Å². The minimum absolute atomic E-state index is 0.0935. The van der Waals surface area contributed by atoms with Gasteiger partial charge in [0.25, 0.3) is 0 Å². The smallest absolute Gasteiger partial charge is 0.327 e. The number of H-pyrrole nitrogens is 1. The van der Waals surface area contributed by atoms with E-state index in [1.54, 1.807) is 6.20 Å². The molecule has 0 spiro atoms. The lowest BCUT2D eigenvalue weighted by atomic mass is 10.0. The molecule has 0 aliphatic heterocycles. The molecule has 36 heavy (non-hydrogen) atoms. The minimum atomic E-state index is -1.63. The first-order valence-corrected chi connectivity index (χ1v) is 11.5. The molecule has 2 rings (SSSR count). The number of thiol groups is 1. The van der Waals surface area contributed by atoms with Crippen LogP contribution in [0.15, 0.2) is 30.5 Å². The van der Waals surface area contributed by atoms with Gasteiger partial charge in [0.2, 0.25) is 17.7 Å². The summed E-state index contributed by atoms with van der Waals surface area (Å²) in [7, 11) is 0. The lowest BCUT2D eigenvalue weighted by Gasteiger charge is -2.25. The normalized spacial score (nSPS) is 15.2. The van der Waals surface area contributed by atoms with E-state index in [4.69, 9.17) is 10.8 Å². The van der Waals surface area contributed by atoms with E-state index in [1.165, 1.54) is 6.92 Å². The molecule has 0 fully saturated rings. The zero-order valence-corrected chi connectivity index (χ0v) is 20.2. The highest BCUT2D eigenvalue weighted by Crippen LogP contribution is 2.18. The van der Waals surface area contributed by atoms with Gasteiger partial charge >= 0.3 is 11.9 Å². The quantitative estimate of drug-likeness (QED) is 0.137. The zero-order valence-electron chi connectivity index (χ0n) is 19.3. The molecule has 13 nitrogen and oxygen atoms in total. The molecular weight excluding hydrogens is 494 g/mol. The summed E-state index contributed by atoms with van der Waals surface area (Å²) in [5.41, 5.74) is 7.59. The maximum Gasteiger partial charge on any atom is 0.327 e. The summed E-state index contributed by atoms with van der Waals surface area (Å²) in [6.45, 7) is 1.17. The number of carboxylic acids is 2. The molecule has 14 heteroatoms. The highest BCUT2D eigenvalue weighted by atomic mass is 32.1. The van der Waals surface area contributed by atoms with Crippen LogP contribution < -0.4 is 21.7 Å². The molecule has 1 heterocycles. The number of carbonyl (C=O) groups excluding carboxylic acids is 3. The summed E-state index contributed by atoms with van der Waals surface area (Å²) in [5, 5.41) is 35.6. The number of aliphatic carboxylic acids is 2. The number of amides is 3. The molecule has 0 saturated heterocycles. The number of aromatic nitrogens is 1. The van der Waals surface area contributed by atoms with Crippen molar-refractivity contribution in [3.63, 3.8) is 0 Å². The van der Waals surface area contributed by atoms with Crippen LogP contribution in [0.2, 0.25) is 0 Å². The lowest BCUT2D eigenvalue weighted by Crippen LogP contribution is -2.60. The SMILES string of the molecule is CC(O)C(NC(=O)C(CC(=O)O)NC(=O)C(N)Cc1c[nH]c2ccccc12)C(=O)NC(CS)C(=O)O. The van der Waals surface area contributed by atoms with Crippen molar-refractivity contribution >= 4 is 53.2 Å². The van der Waals surface area contributed by atoms with E-state index in [1.807, 2.05) is 24.3 Å². The van der Waals surface area contributed by atoms with Gasteiger partial charge in [0, 0.05) is 22.9 Å². The predicted octanol–water partition coefficient (Wildman–Crippen LogP) is -1.64. The Balaban J connectivity index is 2.11. The number of hydrogen-bond acceptors (Lipinski definition) is 8. The second-order valence-corrected chi connectivity index (χ2v) is 8.50. The molecule has 3 amide bonds. The second kappa shape index (κ2) is 12.9. The molecule has 0 radical (unpaired) electrons. The highest BCUT2D eigenvalue weighted by Gasteiger charge is 2.33. The van der Waals surface area contributed by atoms with Crippen molar-refractivity contribution in [3.8, 4) is 0 Å². The van der Waals surface area contributed by atoms with Crippen molar-refractivity contribution < 1.29 is 39.3 Å². The molecular formula is C22H29N5O8S. The molecule has 196 valence electrons. The van der Waals surface area contributed by atoms with Gasteiger partial charge in [-0.05, 0) is 25.0 Å². The van der Waals surface area contributed by atoms with Crippen LogP contribution in [0.4, 0.5) is 0 Å². The summed E-state index contributed by atoms with van der Waals surface area (Å²) in [5.74, 6) is -5.97. The number of nitrogens with one attached hydrogen (secondary N) is 4. The van der Waals surface area contributed by atoms with E-state index in [2.05, 4.69) is 33.6 Å². The molecule has 9 N–H and O–H groups in total. The highest BCUT2D eigenvalue weighted by molar-refractivity contribution is 7.80. The molecule has 2 aromatic rings. The average Bonchev–Trinajstić information content (AvgIpc) is 3.22. The fraction of sp³-hybridized carbons (Fsp3) is 0.409. The summed E-state index contributed by atoms with van der Waals surface area (Å²) in [4.78, 5) is 63.4. The molecule has 0 bridgehead atoms. The van der Waals surface area contributed by atoms with Crippen LogP contribution in [0.25, 0.3) is 10.9 Å². The predicted molar refractivity (Wildman–Crippen MR) is 131 cm³/mol. The van der Waals surface area contributed by atoms with Gasteiger partial charge in [-0.2, -0.15) is 12.6 Å². The maximum absolute atomic E-state index is 12.8. The van der Waals surface area contributed by atoms with Gasteiger partial charge in [-0.1, -0.05) is 18.2 Å². The number of carbonyl (C=O) groups is 5. The van der Waals surface area contributed by atoms with E-state index >= 15 is 0 Å². The fourth-order valence-electron chi connectivity index (χ4n) is 3.40. The Morgan fingerprint density at radius 2 is 1.64 bits per heavy atom. The summed E-state index contributed by atoms with van der Waals surface area (Å²) in [6.07, 6.45) is -0.523. The molecule has 0 aliphatic rings. The fourth-order valence-corrected chi connectivity index (χ4v) is 3.65. The Hall–Kier alpha value is -3.62. The Labute approximate surface area is 211 Å². The van der Waals surface area contributed by atoms with E-state index in [-0.39, 0.29) is 12.2 Å². The van der Waals surface area contributed by atoms with Gasteiger partial charge in [0.05, 0.1) is 18.6 Å². The van der Waals surface area contributed by atoms with Gasteiger partial charge < -0.3 is 42.0 Å². The number of benzene rings is 1. The minimum Gasteiger partial charge on any atom is -0.481 e. The van der Waals surface area contributed by atoms with Gasteiger partial charge in [0.1, 0.15) is 18.1 Å². The van der Waals surface area contributed by atoms with Gasteiger partial charge in [-0.25, -0.2) is 4.79 Å². The number of aliphatic hydroxyl groups excluding tert-OH is 1. The van der Waals surface area contributed by atoms with Crippen molar-refractivity contribution in [3.05, 3.63) is 36.0 Å². The van der Waals surface area contributed by atoms with Crippen LogP contribution in [-0.4, -0.2) is 86.0 Å². The molecule has 1 aromatic carbocycles. The number of para-hydroxylation sites is 1. The molecule has 1 aromatic heterocycles. The van der Waals surface area contributed by atoms with Gasteiger partial charge in [0.15, 0.2) is 0 Å². The van der Waals surface area contributed by atoms with Crippen molar-refractivity contribution in [1.29, 1.82) is 0 Å². The maximum atomic E-state index is 12.8. The van der Waals surface area contributed by atoms with E-state index in [0.29, 0.717) is 0 Å². The van der Waals surface area contributed by atoms with Crippen LogP contribution in [0.5, 0.6) is 0 Å². The number of hydrogen-bond donors (Lipinski definition) is 9. The van der Waals surface area contributed by atoms with Crippen molar-refractivity contribution in [1.82, 2.24) is 20.9 Å². The summed E-state index contributed by atoms with van der Waals surface area (Å²) < 4.78 is 0. The summed E-state index contributed by atoms with van der Waals surface area (Å²) >= 11 is 3.83. The number of nitrogens with two attached hydrogens (primary N) is 1. The first kappa shape index (κ1) is 28.6. The molecule has 5 unspecified atom stereocenters. The van der Waals surface area contributed by atoms with Crippen LogP contribution in [0.3, 0.4) is 0 Å². The van der Waals surface area contributed by atoms with Gasteiger partial charge in [-0.3, -0.25) is 19.2 Å². The Morgan fingerprint density at radius 3 is 2.22 bits per heavy atom. The third-order valence-corrected chi connectivity index (χ3v) is 5.69. The van der Waals surface area contributed by atoms with E-state index in [0.717, 1.165) is 16.5 Å². The largest absolute Gasteiger partial charge is 0.481 e.